The van der Waals surface area contributed by atoms with Crippen molar-refractivity contribution < 1.29 is 4.79 Å². The molecule has 5 heteroatoms. The van der Waals surface area contributed by atoms with Gasteiger partial charge in [-0.1, -0.05) is 54.6 Å². The van der Waals surface area contributed by atoms with Crippen molar-refractivity contribution in [3.8, 4) is 21.8 Å². The smallest absolute Gasteiger partial charge is 0.224 e. The monoisotopic (exact) mass is 399 g/mol. The summed E-state index contributed by atoms with van der Waals surface area (Å²) in [6, 6.07) is 22.1. The van der Waals surface area contributed by atoms with Crippen molar-refractivity contribution in [3.05, 3.63) is 95.6 Å². The number of thiazole rings is 1. The second kappa shape index (κ2) is 9.26. The maximum Gasteiger partial charge on any atom is 0.224 e. The molecule has 4 aromatic rings. The maximum atomic E-state index is 12.2. The zero-order valence-corrected chi connectivity index (χ0v) is 16.7. The predicted molar refractivity (Wildman–Crippen MR) is 118 cm³/mol. The Hall–Kier alpha value is -3.31. The zero-order valence-electron chi connectivity index (χ0n) is 15.9. The van der Waals surface area contributed by atoms with Gasteiger partial charge in [-0.25, -0.2) is 4.98 Å². The molecule has 1 N–H and O–H groups in total. The summed E-state index contributed by atoms with van der Waals surface area (Å²) < 4.78 is 0. The first-order valence-corrected chi connectivity index (χ1v) is 10.4. The van der Waals surface area contributed by atoms with E-state index in [0.717, 1.165) is 33.8 Å². The molecule has 0 bridgehead atoms. The minimum Gasteiger partial charge on any atom is -0.355 e. The van der Waals surface area contributed by atoms with Crippen LogP contribution in [-0.2, 0) is 17.6 Å². The lowest BCUT2D eigenvalue weighted by Crippen LogP contribution is -2.27. The summed E-state index contributed by atoms with van der Waals surface area (Å²) >= 11 is 1.62. The standard InChI is InChI=1S/C24H21N3OS/c28-23(26-15-10-18-4-2-1-3-5-18)16-19-6-8-20(9-7-19)22-17-29-24(27-22)21-11-13-25-14-12-21/h1-9,11-14,17H,10,15-16H2,(H,26,28). The molecule has 0 fully saturated rings. The fourth-order valence-electron chi connectivity index (χ4n) is 3.07. The number of rotatable bonds is 7. The van der Waals surface area contributed by atoms with Gasteiger partial charge in [0, 0.05) is 35.4 Å². The van der Waals surface area contributed by atoms with Crippen LogP contribution in [-0.4, -0.2) is 22.4 Å². The van der Waals surface area contributed by atoms with Crippen LogP contribution in [0.4, 0.5) is 0 Å². The third-order valence-corrected chi connectivity index (χ3v) is 5.52. The van der Waals surface area contributed by atoms with Crippen LogP contribution in [0, 0.1) is 0 Å². The molecule has 0 saturated heterocycles. The molecule has 2 aromatic carbocycles. The van der Waals surface area contributed by atoms with Gasteiger partial charge in [0.25, 0.3) is 0 Å². The van der Waals surface area contributed by atoms with Crippen molar-refractivity contribution in [3.63, 3.8) is 0 Å². The Morgan fingerprint density at radius 3 is 2.38 bits per heavy atom. The Labute approximate surface area is 174 Å². The van der Waals surface area contributed by atoms with E-state index in [-0.39, 0.29) is 5.91 Å². The number of hydrogen-bond acceptors (Lipinski definition) is 4. The zero-order chi connectivity index (χ0) is 19.9. The van der Waals surface area contributed by atoms with Gasteiger partial charge in [0.2, 0.25) is 5.91 Å². The lowest BCUT2D eigenvalue weighted by atomic mass is 10.1. The molecule has 0 unspecified atom stereocenters. The Kier molecular flexibility index (Phi) is 6.07. The highest BCUT2D eigenvalue weighted by Gasteiger charge is 2.08. The summed E-state index contributed by atoms with van der Waals surface area (Å²) in [6.07, 6.45) is 4.77. The lowest BCUT2D eigenvalue weighted by molar-refractivity contribution is -0.120. The van der Waals surface area contributed by atoms with Crippen molar-refractivity contribution >= 4 is 17.2 Å². The van der Waals surface area contributed by atoms with Gasteiger partial charge in [-0.2, -0.15) is 0 Å². The van der Waals surface area contributed by atoms with E-state index in [9.17, 15) is 4.79 Å². The number of nitrogens with zero attached hydrogens (tertiary/aromatic N) is 2. The molecular weight excluding hydrogens is 378 g/mol. The number of nitrogens with one attached hydrogen (secondary N) is 1. The second-order valence-electron chi connectivity index (χ2n) is 6.73. The van der Waals surface area contributed by atoms with E-state index in [1.807, 2.05) is 54.6 Å². The lowest BCUT2D eigenvalue weighted by Gasteiger charge is -2.06. The van der Waals surface area contributed by atoms with Crippen LogP contribution < -0.4 is 5.32 Å². The molecule has 0 atom stereocenters. The number of carbonyl (C=O) groups excluding carboxylic acids is 1. The highest BCUT2D eigenvalue weighted by atomic mass is 32.1. The summed E-state index contributed by atoms with van der Waals surface area (Å²) in [7, 11) is 0. The molecule has 0 aliphatic rings. The molecule has 0 aliphatic carbocycles. The van der Waals surface area contributed by atoms with Gasteiger partial charge < -0.3 is 5.32 Å². The largest absolute Gasteiger partial charge is 0.355 e. The summed E-state index contributed by atoms with van der Waals surface area (Å²) in [5.74, 6) is 0.0438. The molecule has 0 spiro atoms. The van der Waals surface area contributed by atoms with E-state index < -0.39 is 0 Å². The number of pyridine rings is 1. The van der Waals surface area contributed by atoms with Crippen LogP contribution in [0.15, 0.2) is 84.5 Å². The molecule has 0 saturated carbocycles. The van der Waals surface area contributed by atoms with Crippen molar-refractivity contribution in [2.24, 2.45) is 0 Å². The molecule has 4 rings (SSSR count). The number of amides is 1. The van der Waals surface area contributed by atoms with Gasteiger partial charge in [0.1, 0.15) is 5.01 Å². The third-order valence-electron chi connectivity index (χ3n) is 4.62. The first kappa shape index (κ1) is 19.0. The van der Waals surface area contributed by atoms with Gasteiger partial charge in [0.15, 0.2) is 0 Å². The minimum atomic E-state index is 0.0438. The van der Waals surface area contributed by atoms with Crippen LogP contribution in [0.5, 0.6) is 0 Å². The number of aromatic nitrogens is 2. The maximum absolute atomic E-state index is 12.2. The molecular formula is C24H21N3OS. The van der Waals surface area contributed by atoms with Gasteiger partial charge >= 0.3 is 0 Å². The normalized spacial score (nSPS) is 10.6. The van der Waals surface area contributed by atoms with Crippen molar-refractivity contribution in [1.29, 1.82) is 0 Å². The summed E-state index contributed by atoms with van der Waals surface area (Å²) in [4.78, 5) is 21.0. The van der Waals surface area contributed by atoms with E-state index in [1.54, 1.807) is 23.7 Å². The molecule has 0 radical (unpaired) electrons. The van der Waals surface area contributed by atoms with E-state index in [2.05, 4.69) is 27.8 Å². The SMILES string of the molecule is O=C(Cc1ccc(-c2csc(-c3ccncc3)n2)cc1)NCCc1ccccc1. The molecule has 1 amide bonds. The van der Waals surface area contributed by atoms with Crippen molar-refractivity contribution in [2.75, 3.05) is 6.54 Å². The summed E-state index contributed by atoms with van der Waals surface area (Å²) in [5.41, 5.74) is 5.29. The molecule has 144 valence electrons. The van der Waals surface area contributed by atoms with E-state index >= 15 is 0 Å². The Bertz CT molecular complexity index is 1060. The van der Waals surface area contributed by atoms with Gasteiger partial charge in [-0.05, 0) is 29.7 Å². The van der Waals surface area contributed by atoms with Crippen LogP contribution in [0.25, 0.3) is 21.8 Å². The van der Waals surface area contributed by atoms with Crippen LogP contribution >= 0.6 is 11.3 Å². The van der Waals surface area contributed by atoms with Gasteiger partial charge in [-0.15, -0.1) is 11.3 Å². The minimum absolute atomic E-state index is 0.0438. The Balaban J connectivity index is 1.32. The molecule has 4 nitrogen and oxygen atoms in total. The summed E-state index contributed by atoms with van der Waals surface area (Å²) in [5, 5.41) is 6.03. The molecule has 29 heavy (non-hydrogen) atoms. The van der Waals surface area contributed by atoms with E-state index in [1.165, 1.54) is 5.56 Å². The van der Waals surface area contributed by atoms with Crippen LogP contribution in [0.3, 0.4) is 0 Å². The first-order chi connectivity index (χ1) is 14.3. The average Bonchev–Trinajstić information content (AvgIpc) is 3.26. The highest BCUT2D eigenvalue weighted by molar-refractivity contribution is 7.13. The third kappa shape index (κ3) is 5.15. The van der Waals surface area contributed by atoms with Crippen molar-refractivity contribution in [1.82, 2.24) is 15.3 Å². The molecule has 2 heterocycles. The van der Waals surface area contributed by atoms with E-state index in [4.69, 9.17) is 4.98 Å². The second-order valence-corrected chi connectivity index (χ2v) is 7.59. The predicted octanol–water partition coefficient (Wildman–Crippen LogP) is 4.77. The summed E-state index contributed by atoms with van der Waals surface area (Å²) in [6.45, 7) is 0.650. The van der Waals surface area contributed by atoms with Crippen LogP contribution in [0.1, 0.15) is 11.1 Å². The Morgan fingerprint density at radius 1 is 0.862 bits per heavy atom. The highest BCUT2D eigenvalue weighted by Crippen LogP contribution is 2.28. The quantitative estimate of drug-likeness (QED) is 0.487. The van der Waals surface area contributed by atoms with Gasteiger partial charge in [0.05, 0.1) is 12.1 Å². The number of hydrogen-bond donors (Lipinski definition) is 1. The van der Waals surface area contributed by atoms with Gasteiger partial charge in [-0.3, -0.25) is 9.78 Å². The first-order valence-electron chi connectivity index (χ1n) is 9.54. The molecule has 2 aromatic heterocycles. The fourth-order valence-corrected chi connectivity index (χ4v) is 3.90. The van der Waals surface area contributed by atoms with Crippen LogP contribution in [0.2, 0.25) is 0 Å². The fraction of sp³-hybridized carbons (Fsp3) is 0.125. The Morgan fingerprint density at radius 2 is 1.62 bits per heavy atom. The van der Waals surface area contributed by atoms with Crippen molar-refractivity contribution in [2.45, 2.75) is 12.8 Å². The van der Waals surface area contributed by atoms with E-state index in [0.29, 0.717) is 13.0 Å². The molecule has 0 aliphatic heterocycles. The number of benzene rings is 2. The topological polar surface area (TPSA) is 54.9 Å². The average molecular weight is 400 g/mol. The number of carbonyl (C=O) groups is 1.